The Bertz CT molecular complexity index is 463. The number of rotatable bonds is 8. The lowest BCUT2D eigenvalue weighted by Crippen LogP contribution is -2.38. The van der Waals surface area contributed by atoms with E-state index in [1.807, 2.05) is 0 Å². The van der Waals surface area contributed by atoms with Crippen molar-refractivity contribution in [3.63, 3.8) is 0 Å². The Morgan fingerprint density at radius 3 is 2.52 bits per heavy atom. The molecular formula is C14H18F3NO3. The quantitative estimate of drug-likeness (QED) is 0.748. The summed E-state index contributed by atoms with van der Waals surface area (Å²) in [5.74, 6) is 0.175. The largest absolute Gasteiger partial charge is 0.491 e. The highest BCUT2D eigenvalue weighted by atomic mass is 19.4. The molecule has 1 aromatic carbocycles. The molecule has 0 aromatic heterocycles. The summed E-state index contributed by atoms with van der Waals surface area (Å²) in [6.45, 7) is -0.154. The molecule has 0 aliphatic heterocycles. The fraction of sp³-hybridized carbons (Fsp3) is 0.500. The van der Waals surface area contributed by atoms with Gasteiger partial charge in [-0.05, 0) is 19.1 Å². The number of nitrogens with zero attached hydrogens (tertiary/aromatic N) is 1. The minimum Gasteiger partial charge on any atom is -0.491 e. The van der Waals surface area contributed by atoms with Gasteiger partial charge in [-0.1, -0.05) is 12.1 Å². The minimum atomic E-state index is -4.33. The normalized spacial score (nSPS) is 11.7. The average molecular weight is 305 g/mol. The zero-order valence-electron chi connectivity index (χ0n) is 11.7. The molecule has 0 unspecified atom stereocenters. The number of ketones is 1. The number of aliphatic hydroxyl groups excluding tert-OH is 1. The predicted octanol–water partition coefficient (Wildman–Crippen LogP) is 2.12. The lowest BCUT2D eigenvalue weighted by molar-refractivity contribution is -0.147. The smallest absolute Gasteiger partial charge is 0.401 e. The lowest BCUT2D eigenvalue weighted by atomic mass is 10.1. The van der Waals surface area contributed by atoms with Crippen molar-refractivity contribution in [2.24, 2.45) is 0 Å². The second kappa shape index (κ2) is 7.99. The number of para-hydroxylation sites is 1. The van der Waals surface area contributed by atoms with Crippen LogP contribution in [0.25, 0.3) is 0 Å². The molecule has 0 aliphatic rings. The van der Waals surface area contributed by atoms with E-state index >= 15 is 0 Å². The molecule has 118 valence electrons. The molecule has 0 amide bonds. The highest BCUT2D eigenvalue weighted by molar-refractivity contribution is 5.96. The molecule has 0 saturated heterocycles. The third-order valence-electron chi connectivity index (χ3n) is 2.75. The van der Waals surface area contributed by atoms with E-state index in [-0.39, 0.29) is 32.1 Å². The third kappa shape index (κ3) is 6.59. The van der Waals surface area contributed by atoms with Crippen LogP contribution < -0.4 is 4.74 Å². The highest BCUT2D eigenvalue weighted by Crippen LogP contribution is 2.19. The van der Waals surface area contributed by atoms with Gasteiger partial charge < -0.3 is 9.84 Å². The minimum absolute atomic E-state index is 0.000370. The zero-order valence-corrected chi connectivity index (χ0v) is 11.7. The van der Waals surface area contributed by atoms with Gasteiger partial charge in [-0.2, -0.15) is 13.2 Å². The first kappa shape index (κ1) is 17.5. The Kier molecular flexibility index (Phi) is 6.64. The number of hydrogen-bond donors (Lipinski definition) is 1. The van der Waals surface area contributed by atoms with Crippen molar-refractivity contribution in [3.8, 4) is 5.75 Å². The first-order valence-electron chi connectivity index (χ1n) is 6.46. The molecule has 1 aromatic rings. The highest BCUT2D eigenvalue weighted by Gasteiger charge is 2.30. The van der Waals surface area contributed by atoms with Crippen molar-refractivity contribution >= 4 is 5.78 Å². The van der Waals surface area contributed by atoms with Crippen molar-refractivity contribution in [3.05, 3.63) is 29.8 Å². The molecule has 1 rings (SSSR count). The molecule has 0 bridgehead atoms. The molecule has 0 radical (unpaired) electrons. The second-order valence-electron chi connectivity index (χ2n) is 4.52. The molecule has 0 atom stereocenters. The zero-order chi connectivity index (χ0) is 15.9. The van der Waals surface area contributed by atoms with E-state index in [9.17, 15) is 18.0 Å². The third-order valence-corrected chi connectivity index (χ3v) is 2.75. The van der Waals surface area contributed by atoms with Crippen LogP contribution in [0.1, 0.15) is 17.3 Å². The molecule has 4 nitrogen and oxygen atoms in total. The molecule has 21 heavy (non-hydrogen) atoms. The fourth-order valence-electron chi connectivity index (χ4n) is 1.83. The van der Waals surface area contributed by atoms with Crippen LogP contribution in [0.5, 0.6) is 5.75 Å². The van der Waals surface area contributed by atoms with E-state index in [1.54, 1.807) is 24.3 Å². The van der Waals surface area contributed by atoms with Crippen molar-refractivity contribution in [2.75, 3.05) is 32.8 Å². The summed E-state index contributed by atoms with van der Waals surface area (Å²) in [7, 11) is 0. The van der Waals surface area contributed by atoms with Gasteiger partial charge in [0.05, 0.1) is 18.7 Å². The van der Waals surface area contributed by atoms with Gasteiger partial charge in [-0.15, -0.1) is 0 Å². The molecule has 0 spiro atoms. The molecular weight excluding hydrogens is 287 g/mol. The summed E-state index contributed by atoms with van der Waals surface area (Å²) in [6.07, 6.45) is -4.33. The Labute approximate surface area is 121 Å². The van der Waals surface area contributed by atoms with Gasteiger partial charge >= 0.3 is 6.18 Å². The summed E-state index contributed by atoms with van der Waals surface area (Å²) < 4.78 is 42.4. The molecule has 0 fully saturated rings. The molecule has 7 heteroatoms. The number of Topliss-reactive ketones (excluding diaryl/α,β-unsaturated/α-hetero) is 1. The van der Waals surface area contributed by atoms with Crippen LogP contribution in [0.3, 0.4) is 0 Å². The van der Waals surface area contributed by atoms with Gasteiger partial charge in [-0.25, -0.2) is 0 Å². The van der Waals surface area contributed by atoms with E-state index in [2.05, 4.69) is 0 Å². The standard InChI is InChI=1S/C14H18F3NO3/c1-11(20)12-4-2-3-5-13(12)21-9-7-18(6-8-19)10-14(15,16)17/h2-5,19H,6-10H2,1H3. The monoisotopic (exact) mass is 305 g/mol. The van der Waals surface area contributed by atoms with Crippen molar-refractivity contribution in [2.45, 2.75) is 13.1 Å². The van der Waals surface area contributed by atoms with Gasteiger partial charge in [0.15, 0.2) is 5.78 Å². The Morgan fingerprint density at radius 1 is 1.29 bits per heavy atom. The number of halogens is 3. The summed E-state index contributed by atoms with van der Waals surface area (Å²) >= 11 is 0. The van der Waals surface area contributed by atoms with Crippen LogP contribution in [0.15, 0.2) is 24.3 Å². The number of ether oxygens (including phenoxy) is 1. The maximum atomic E-state index is 12.3. The number of carbonyl (C=O) groups is 1. The Morgan fingerprint density at radius 2 is 1.95 bits per heavy atom. The van der Waals surface area contributed by atoms with E-state index in [0.29, 0.717) is 11.3 Å². The average Bonchev–Trinajstić information content (AvgIpc) is 2.37. The summed E-state index contributed by atoms with van der Waals surface area (Å²) in [4.78, 5) is 12.4. The summed E-state index contributed by atoms with van der Waals surface area (Å²) in [6, 6.07) is 6.56. The van der Waals surface area contributed by atoms with Crippen molar-refractivity contribution in [1.82, 2.24) is 4.90 Å². The van der Waals surface area contributed by atoms with Crippen LogP contribution in [-0.2, 0) is 0 Å². The lowest BCUT2D eigenvalue weighted by Gasteiger charge is -2.22. The van der Waals surface area contributed by atoms with E-state index < -0.39 is 12.7 Å². The summed E-state index contributed by atoms with van der Waals surface area (Å²) in [5.41, 5.74) is 0.391. The van der Waals surface area contributed by atoms with Gasteiger partial charge in [0, 0.05) is 13.1 Å². The van der Waals surface area contributed by atoms with E-state index in [0.717, 1.165) is 4.90 Å². The fourth-order valence-corrected chi connectivity index (χ4v) is 1.83. The Hall–Kier alpha value is -1.60. The van der Waals surface area contributed by atoms with Crippen LogP contribution in [-0.4, -0.2) is 54.8 Å². The summed E-state index contributed by atoms with van der Waals surface area (Å²) in [5, 5.41) is 8.77. The van der Waals surface area contributed by atoms with Crippen LogP contribution in [0, 0.1) is 0 Å². The molecule has 0 heterocycles. The van der Waals surface area contributed by atoms with Crippen LogP contribution >= 0.6 is 0 Å². The van der Waals surface area contributed by atoms with Crippen molar-refractivity contribution < 1.29 is 27.8 Å². The Balaban J connectivity index is 2.56. The van der Waals surface area contributed by atoms with Gasteiger partial charge in [0.25, 0.3) is 0 Å². The van der Waals surface area contributed by atoms with Gasteiger partial charge in [-0.3, -0.25) is 9.69 Å². The molecule has 1 N–H and O–H groups in total. The number of aliphatic hydroxyl groups is 1. The predicted molar refractivity (Wildman–Crippen MR) is 71.5 cm³/mol. The topological polar surface area (TPSA) is 49.8 Å². The number of carbonyl (C=O) groups excluding carboxylic acids is 1. The van der Waals surface area contributed by atoms with Gasteiger partial charge in [0.2, 0.25) is 0 Å². The number of alkyl halides is 3. The maximum Gasteiger partial charge on any atom is 0.401 e. The first-order valence-corrected chi connectivity index (χ1v) is 6.46. The number of hydrogen-bond acceptors (Lipinski definition) is 4. The van der Waals surface area contributed by atoms with Gasteiger partial charge in [0.1, 0.15) is 12.4 Å². The van der Waals surface area contributed by atoms with Crippen LogP contribution in [0.2, 0.25) is 0 Å². The molecule has 0 saturated carbocycles. The van der Waals surface area contributed by atoms with Crippen molar-refractivity contribution in [1.29, 1.82) is 0 Å². The maximum absolute atomic E-state index is 12.3. The van der Waals surface area contributed by atoms with Crippen LogP contribution in [0.4, 0.5) is 13.2 Å². The SMILES string of the molecule is CC(=O)c1ccccc1OCCN(CCO)CC(F)(F)F. The van der Waals surface area contributed by atoms with E-state index in [1.165, 1.54) is 6.92 Å². The molecule has 0 aliphatic carbocycles. The first-order chi connectivity index (χ1) is 9.83. The number of benzene rings is 1. The second-order valence-corrected chi connectivity index (χ2v) is 4.52. The van der Waals surface area contributed by atoms with E-state index in [4.69, 9.17) is 9.84 Å².